The van der Waals surface area contributed by atoms with Crippen LogP contribution in [-0.4, -0.2) is 0 Å². The summed E-state index contributed by atoms with van der Waals surface area (Å²) in [6.07, 6.45) is 6.04. The van der Waals surface area contributed by atoms with Crippen molar-refractivity contribution in [1.82, 2.24) is 0 Å². The van der Waals surface area contributed by atoms with Crippen LogP contribution in [0.5, 0.6) is 0 Å². The molecule has 68 valence electrons. The molecule has 12 heavy (non-hydrogen) atoms. The average Bonchev–Trinajstić information content (AvgIpc) is 1.96. The SMILES string of the molecule is CC(C)=C/C=C(\C=C\F)C(C)C. The van der Waals surface area contributed by atoms with Crippen molar-refractivity contribution in [2.45, 2.75) is 27.7 Å². The lowest BCUT2D eigenvalue weighted by molar-refractivity contribution is 0.711. The highest BCUT2D eigenvalue weighted by Gasteiger charge is 1.96. The zero-order valence-corrected chi connectivity index (χ0v) is 8.26. The van der Waals surface area contributed by atoms with Crippen molar-refractivity contribution in [3.05, 3.63) is 35.7 Å². The molecule has 0 aromatic carbocycles. The average molecular weight is 168 g/mol. The molecule has 0 aromatic heterocycles. The van der Waals surface area contributed by atoms with Crippen molar-refractivity contribution in [3.63, 3.8) is 0 Å². The molecule has 0 rings (SSSR count). The molecule has 0 saturated carbocycles. The maximum Gasteiger partial charge on any atom is 0.0869 e. The van der Waals surface area contributed by atoms with Gasteiger partial charge in [0.1, 0.15) is 0 Å². The molecule has 0 radical (unpaired) electrons. The van der Waals surface area contributed by atoms with Gasteiger partial charge in [0.05, 0.1) is 6.33 Å². The van der Waals surface area contributed by atoms with Gasteiger partial charge in [-0.3, -0.25) is 0 Å². The van der Waals surface area contributed by atoms with Crippen LogP contribution in [0.25, 0.3) is 0 Å². The molecule has 0 aromatic rings. The summed E-state index contributed by atoms with van der Waals surface area (Å²) in [5.74, 6) is 0.368. The van der Waals surface area contributed by atoms with Crippen LogP contribution < -0.4 is 0 Å². The Hall–Kier alpha value is -0.850. The minimum atomic E-state index is 0.368. The summed E-state index contributed by atoms with van der Waals surface area (Å²) in [6, 6.07) is 0. The summed E-state index contributed by atoms with van der Waals surface area (Å²) in [7, 11) is 0. The van der Waals surface area contributed by atoms with E-state index in [-0.39, 0.29) is 0 Å². The highest BCUT2D eigenvalue weighted by Crippen LogP contribution is 2.11. The van der Waals surface area contributed by atoms with Crippen molar-refractivity contribution >= 4 is 0 Å². The molecule has 0 unspecified atom stereocenters. The van der Waals surface area contributed by atoms with E-state index in [0.717, 1.165) is 5.57 Å². The van der Waals surface area contributed by atoms with Crippen molar-refractivity contribution < 1.29 is 4.39 Å². The van der Waals surface area contributed by atoms with Crippen molar-refractivity contribution in [2.24, 2.45) is 5.92 Å². The Morgan fingerprint density at radius 2 is 1.75 bits per heavy atom. The van der Waals surface area contributed by atoms with E-state index in [1.165, 1.54) is 11.6 Å². The molecule has 0 aliphatic rings. The second-order valence-corrected chi connectivity index (χ2v) is 3.36. The Balaban J connectivity index is 4.50. The Kier molecular flexibility index (Phi) is 5.35. The minimum absolute atomic E-state index is 0.368. The van der Waals surface area contributed by atoms with Gasteiger partial charge < -0.3 is 0 Å². The van der Waals surface area contributed by atoms with Gasteiger partial charge >= 0.3 is 0 Å². The Bertz CT molecular complexity index is 203. The fourth-order valence-corrected chi connectivity index (χ4v) is 0.776. The lowest BCUT2D eigenvalue weighted by Gasteiger charge is -2.03. The first-order chi connectivity index (χ1) is 5.57. The standard InChI is InChI=1S/C11H17F/c1-9(2)5-6-11(7-8-12)10(3)4/h5-8,10H,1-4H3/b8-7+,11-6+. The van der Waals surface area contributed by atoms with Gasteiger partial charge in [0.15, 0.2) is 0 Å². The van der Waals surface area contributed by atoms with Crippen molar-refractivity contribution in [1.29, 1.82) is 0 Å². The number of rotatable bonds is 3. The van der Waals surface area contributed by atoms with E-state index in [9.17, 15) is 4.39 Å². The molecule has 0 bridgehead atoms. The molecule has 0 atom stereocenters. The maximum absolute atomic E-state index is 11.9. The summed E-state index contributed by atoms with van der Waals surface area (Å²) in [5.41, 5.74) is 2.24. The van der Waals surface area contributed by atoms with Crippen molar-refractivity contribution in [3.8, 4) is 0 Å². The zero-order chi connectivity index (χ0) is 9.56. The number of hydrogen-bond donors (Lipinski definition) is 0. The second kappa shape index (κ2) is 5.76. The first-order valence-corrected chi connectivity index (χ1v) is 4.19. The van der Waals surface area contributed by atoms with Gasteiger partial charge in [-0.05, 0) is 31.4 Å². The lowest BCUT2D eigenvalue weighted by atomic mass is 10.0. The van der Waals surface area contributed by atoms with Gasteiger partial charge in [0.25, 0.3) is 0 Å². The predicted molar refractivity (Wildman–Crippen MR) is 52.6 cm³/mol. The first-order valence-electron chi connectivity index (χ1n) is 4.19. The molecule has 0 nitrogen and oxygen atoms in total. The van der Waals surface area contributed by atoms with Gasteiger partial charge in [0.2, 0.25) is 0 Å². The predicted octanol–water partition coefficient (Wildman–Crippen LogP) is 4.02. The summed E-state index contributed by atoms with van der Waals surface area (Å²) in [6.45, 7) is 8.14. The Morgan fingerprint density at radius 1 is 1.17 bits per heavy atom. The topological polar surface area (TPSA) is 0 Å². The normalized spacial score (nSPS) is 12.7. The van der Waals surface area contributed by atoms with Gasteiger partial charge in [-0.2, -0.15) is 0 Å². The zero-order valence-electron chi connectivity index (χ0n) is 8.26. The molecule has 1 heteroatoms. The van der Waals surface area contributed by atoms with E-state index < -0.39 is 0 Å². The molecular formula is C11H17F. The lowest BCUT2D eigenvalue weighted by Crippen LogP contribution is -1.89. The number of halogens is 1. The number of allylic oxidation sites excluding steroid dienone is 5. The van der Waals surface area contributed by atoms with Crippen LogP contribution in [0.1, 0.15) is 27.7 Å². The molecule has 0 heterocycles. The van der Waals surface area contributed by atoms with Crippen LogP contribution >= 0.6 is 0 Å². The Morgan fingerprint density at radius 3 is 2.08 bits per heavy atom. The minimum Gasteiger partial charge on any atom is -0.216 e. The smallest absolute Gasteiger partial charge is 0.0869 e. The van der Waals surface area contributed by atoms with Gasteiger partial charge in [-0.15, -0.1) is 0 Å². The molecular weight excluding hydrogens is 151 g/mol. The largest absolute Gasteiger partial charge is 0.216 e. The monoisotopic (exact) mass is 168 g/mol. The molecule has 0 saturated heterocycles. The van der Waals surface area contributed by atoms with Crippen molar-refractivity contribution in [2.75, 3.05) is 0 Å². The van der Waals surface area contributed by atoms with Gasteiger partial charge in [-0.25, -0.2) is 4.39 Å². The molecule has 0 fully saturated rings. The second-order valence-electron chi connectivity index (χ2n) is 3.36. The van der Waals surface area contributed by atoms with Crippen LogP contribution in [0.4, 0.5) is 4.39 Å². The van der Waals surface area contributed by atoms with E-state index in [0.29, 0.717) is 12.2 Å². The quantitative estimate of drug-likeness (QED) is 0.558. The third-order valence-electron chi connectivity index (χ3n) is 1.53. The molecule has 0 spiro atoms. The van der Waals surface area contributed by atoms with Crippen LogP contribution in [0, 0.1) is 5.92 Å². The highest BCUT2D eigenvalue weighted by atomic mass is 19.1. The van der Waals surface area contributed by atoms with Gasteiger partial charge in [0, 0.05) is 0 Å². The van der Waals surface area contributed by atoms with E-state index in [4.69, 9.17) is 0 Å². The van der Waals surface area contributed by atoms with E-state index >= 15 is 0 Å². The van der Waals surface area contributed by atoms with Crippen LogP contribution in [-0.2, 0) is 0 Å². The van der Waals surface area contributed by atoms with Crippen LogP contribution in [0.3, 0.4) is 0 Å². The summed E-state index contributed by atoms with van der Waals surface area (Å²) in [5, 5.41) is 0. The number of hydrogen-bond acceptors (Lipinski definition) is 0. The summed E-state index contributed by atoms with van der Waals surface area (Å²) >= 11 is 0. The maximum atomic E-state index is 11.9. The fourth-order valence-electron chi connectivity index (χ4n) is 0.776. The van der Waals surface area contributed by atoms with Gasteiger partial charge in [-0.1, -0.05) is 31.6 Å². The fraction of sp³-hybridized carbons (Fsp3) is 0.455. The molecule has 0 aliphatic carbocycles. The molecule has 0 amide bonds. The van der Waals surface area contributed by atoms with Crippen LogP contribution in [0.2, 0.25) is 0 Å². The summed E-state index contributed by atoms with van der Waals surface area (Å²) in [4.78, 5) is 0. The van der Waals surface area contributed by atoms with Crippen LogP contribution in [0.15, 0.2) is 35.7 Å². The molecule has 0 aliphatic heterocycles. The highest BCUT2D eigenvalue weighted by molar-refractivity contribution is 5.25. The van der Waals surface area contributed by atoms with E-state index in [1.807, 2.05) is 39.8 Å². The van der Waals surface area contributed by atoms with E-state index in [1.54, 1.807) is 0 Å². The first kappa shape index (κ1) is 11.2. The molecule has 0 N–H and O–H groups in total. The Labute approximate surface area is 74.5 Å². The third kappa shape index (κ3) is 4.89. The van der Waals surface area contributed by atoms with E-state index in [2.05, 4.69) is 0 Å². The third-order valence-corrected chi connectivity index (χ3v) is 1.53. The summed E-state index contributed by atoms with van der Waals surface area (Å²) < 4.78 is 11.9.